The number of rotatable bonds is 5. The summed E-state index contributed by atoms with van der Waals surface area (Å²) in [6, 6.07) is 15.1. The molecule has 0 aliphatic rings. The lowest BCUT2D eigenvalue weighted by atomic mass is 10.1. The maximum Gasteiger partial charge on any atom is 0.227 e. The van der Waals surface area contributed by atoms with Crippen molar-refractivity contribution in [2.24, 2.45) is 0 Å². The van der Waals surface area contributed by atoms with Crippen LogP contribution >= 0.6 is 11.6 Å². The summed E-state index contributed by atoms with van der Waals surface area (Å²) in [7, 11) is 3.44. The zero-order valence-electron chi connectivity index (χ0n) is 12.2. The highest BCUT2D eigenvalue weighted by Crippen LogP contribution is 2.14. The van der Waals surface area contributed by atoms with Gasteiger partial charge in [-0.1, -0.05) is 35.9 Å². The second kappa shape index (κ2) is 7.14. The highest BCUT2D eigenvalue weighted by Gasteiger charge is 2.10. The van der Waals surface area contributed by atoms with Crippen molar-refractivity contribution in [2.75, 3.05) is 14.2 Å². The fraction of sp³-hybridized carbons (Fsp3) is 0.235. The first-order valence-electron chi connectivity index (χ1n) is 6.70. The predicted octanol–water partition coefficient (Wildman–Crippen LogP) is 3.55. The van der Waals surface area contributed by atoms with E-state index in [4.69, 9.17) is 16.3 Å². The molecular formula is C17H18ClNO2. The van der Waals surface area contributed by atoms with E-state index in [0.29, 0.717) is 18.0 Å². The Balaban J connectivity index is 1.93. The molecule has 0 unspecified atom stereocenters. The van der Waals surface area contributed by atoms with Crippen molar-refractivity contribution in [3.63, 3.8) is 0 Å². The number of hydrogen-bond donors (Lipinski definition) is 0. The molecule has 2 aromatic rings. The van der Waals surface area contributed by atoms with Crippen LogP contribution in [-0.4, -0.2) is 25.0 Å². The Labute approximate surface area is 130 Å². The molecule has 1 amide bonds. The Bertz CT molecular complexity index is 593. The first kappa shape index (κ1) is 15.4. The van der Waals surface area contributed by atoms with Crippen molar-refractivity contribution in [3.05, 3.63) is 64.7 Å². The fourth-order valence-electron chi connectivity index (χ4n) is 2.00. The van der Waals surface area contributed by atoms with Crippen molar-refractivity contribution in [1.29, 1.82) is 0 Å². The Morgan fingerprint density at radius 3 is 2.19 bits per heavy atom. The molecule has 3 nitrogen and oxygen atoms in total. The number of hydrogen-bond acceptors (Lipinski definition) is 2. The van der Waals surface area contributed by atoms with Gasteiger partial charge in [-0.15, -0.1) is 0 Å². The number of carbonyl (C=O) groups excluding carboxylic acids is 1. The van der Waals surface area contributed by atoms with E-state index in [9.17, 15) is 4.79 Å². The van der Waals surface area contributed by atoms with Crippen molar-refractivity contribution < 1.29 is 9.53 Å². The van der Waals surface area contributed by atoms with Crippen molar-refractivity contribution >= 4 is 17.5 Å². The van der Waals surface area contributed by atoms with Crippen LogP contribution < -0.4 is 4.74 Å². The normalized spacial score (nSPS) is 10.2. The first-order chi connectivity index (χ1) is 10.1. The maximum absolute atomic E-state index is 12.2. The third-order valence-electron chi connectivity index (χ3n) is 3.27. The van der Waals surface area contributed by atoms with Crippen molar-refractivity contribution in [2.45, 2.75) is 13.0 Å². The summed E-state index contributed by atoms with van der Waals surface area (Å²) in [4.78, 5) is 13.9. The topological polar surface area (TPSA) is 29.5 Å². The molecule has 0 saturated carbocycles. The van der Waals surface area contributed by atoms with Gasteiger partial charge >= 0.3 is 0 Å². The van der Waals surface area contributed by atoms with Gasteiger partial charge in [0.25, 0.3) is 0 Å². The first-order valence-corrected chi connectivity index (χ1v) is 7.07. The standard InChI is InChI=1S/C17H18ClNO2/c1-19(12-14-5-9-16(21-2)10-6-14)17(20)11-13-3-7-15(18)8-4-13/h3-10H,11-12H2,1-2H3. The van der Waals surface area contributed by atoms with Gasteiger partial charge < -0.3 is 9.64 Å². The Hall–Kier alpha value is -2.00. The molecule has 110 valence electrons. The number of nitrogens with zero attached hydrogens (tertiary/aromatic N) is 1. The molecule has 0 fully saturated rings. The van der Waals surface area contributed by atoms with Crippen LogP contribution in [0.5, 0.6) is 5.75 Å². The molecule has 0 aromatic heterocycles. The minimum Gasteiger partial charge on any atom is -0.497 e. The van der Waals surface area contributed by atoms with Gasteiger partial charge in [-0.3, -0.25) is 4.79 Å². The van der Waals surface area contributed by atoms with Gasteiger partial charge in [0.2, 0.25) is 5.91 Å². The summed E-state index contributed by atoms with van der Waals surface area (Å²) in [6.07, 6.45) is 0.379. The van der Waals surface area contributed by atoms with Gasteiger partial charge in [0.15, 0.2) is 0 Å². The minimum atomic E-state index is 0.0770. The van der Waals surface area contributed by atoms with Gasteiger partial charge in [0.05, 0.1) is 13.5 Å². The molecular weight excluding hydrogens is 286 g/mol. The zero-order chi connectivity index (χ0) is 15.2. The molecule has 0 aliphatic carbocycles. The van der Waals surface area contributed by atoms with E-state index in [1.165, 1.54) is 0 Å². The van der Waals surface area contributed by atoms with Crippen LogP contribution in [0.1, 0.15) is 11.1 Å². The lowest BCUT2D eigenvalue weighted by Crippen LogP contribution is -2.27. The van der Waals surface area contributed by atoms with Gasteiger partial charge in [-0.2, -0.15) is 0 Å². The van der Waals surface area contributed by atoms with Crippen LogP contribution in [-0.2, 0) is 17.8 Å². The van der Waals surface area contributed by atoms with Gasteiger partial charge in [-0.25, -0.2) is 0 Å². The number of benzene rings is 2. The SMILES string of the molecule is COc1ccc(CN(C)C(=O)Cc2ccc(Cl)cc2)cc1. The molecule has 21 heavy (non-hydrogen) atoms. The number of methoxy groups -OCH3 is 1. The number of amides is 1. The van der Waals surface area contributed by atoms with Crippen LogP contribution in [0.4, 0.5) is 0 Å². The van der Waals surface area contributed by atoms with Gasteiger partial charge in [-0.05, 0) is 35.4 Å². The fourth-order valence-corrected chi connectivity index (χ4v) is 2.13. The van der Waals surface area contributed by atoms with Gasteiger partial charge in [0, 0.05) is 18.6 Å². The molecule has 0 heterocycles. The van der Waals surface area contributed by atoms with E-state index >= 15 is 0 Å². The summed E-state index contributed by atoms with van der Waals surface area (Å²) in [6.45, 7) is 0.580. The third kappa shape index (κ3) is 4.50. The number of likely N-dealkylation sites (N-methyl/N-ethyl adjacent to an activating group) is 1. The third-order valence-corrected chi connectivity index (χ3v) is 3.53. The number of halogens is 1. The van der Waals surface area contributed by atoms with E-state index < -0.39 is 0 Å². The summed E-state index contributed by atoms with van der Waals surface area (Å²) >= 11 is 5.84. The summed E-state index contributed by atoms with van der Waals surface area (Å²) < 4.78 is 5.12. The second-order valence-corrected chi connectivity index (χ2v) is 5.34. The molecule has 0 atom stereocenters. The zero-order valence-corrected chi connectivity index (χ0v) is 12.9. The molecule has 0 spiro atoms. The van der Waals surface area contributed by atoms with Crippen LogP contribution in [0.15, 0.2) is 48.5 Å². The van der Waals surface area contributed by atoms with Crippen LogP contribution in [0, 0.1) is 0 Å². The van der Waals surface area contributed by atoms with E-state index in [0.717, 1.165) is 16.9 Å². The van der Waals surface area contributed by atoms with E-state index in [2.05, 4.69) is 0 Å². The molecule has 0 aliphatic heterocycles. The van der Waals surface area contributed by atoms with Crippen molar-refractivity contribution in [3.8, 4) is 5.75 Å². The summed E-state index contributed by atoms with van der Waals surface area (Å²) in [5, 5.41) is 0.679. The van der Waals surface area contributed by atoms with Crippen molar-refractivity contribution in [1.82, 2.24) is 4.90 Å². The van der Waals surface area contributed by atoms with E-state index in [1.54, 1.807) is 24.1 Å². The smallest absolute Gasteiger partial charge is 0.227 e. The van der Waals surface area contributed by atoms with E-state index in [1.807, 2.05) is 43.4 Å². The predicted molar refractivity (Wildman–Crippen MR) is 84.6 cm³/mol. The Kier molecular flexibility index (Phi) is 5.23. The highest BCUT2D eigenvalue weighted by atomic mass is 35.5. The highest BCUT2D eigenvalue weighted by molar-refractivity contribution is 6.30. The summed E-state index contributed by atoms with van der Waals surface area (Å²) in [5.74, 6) is 0.891. The second-order valence-electron chi connectivity index (χ2n) is 4.90. The molecule has 0 radical (unpaired) electrons. The number of ether oxygens (including phenoxy) is 1. The molecule has 2 rings (SSSR count). The van der Waals surface area contributed by atoms with Gasteiger partial charge in [0.1, 0.15) is 5.75 Å². The molecule has 4 heteroatoms. The summed E-state index contributed by atoms with van der Waals surface area (Å²) in [5.41, 5.74) is 2.04. The lowest BCUT2D eigenvalue weighted by Gasteiger charge is -2.17. The average Bonchev–Trinajstić information content (AvgIpc) is 2.50. The monoisotopic (exact) mass is 303 g/mol. The minimum absolute atomic E-state index is 0.0770. The number of carbonyl (C=O) groups is 1. The largest absolute Gasteiger partial charge is 0.497 e. The average molecular weight is 304 g/mol. The molecule has 2 aromatic carbocycles. The Morgan fingerprint density at radius 1 is 1.05 bits per heavy atom. The quantitative estimate of drug-likeness (QED) is 0.845. The maximum atomic E-state index is 12.2. The van der Waals surface area contributed by atoms with Crippen LogP contribution in [0.2, 0.25) is 5.02 Å². The molecule has 0 saturated heterocycles. The molecule has 0 bridgehead atoms. The van der Waals surface area contributed by atoms with Crippen LogP contribution in [0.3, 0.4) is 0 Å². The Morgan fingerprint density at radius 2 is 1.62 bits per heavy atom. The molecule has 0 N–H and O–H groups in total. The van der Waals surface area contributed by atoms with Crippen LogP contribution in [0.25, 0.3) is 0 Å². The lowest BCUT2D eigenvalue weighted by molar-refractivity contribution is -0.129. The van der Waals surface area contributed by atoms with E-state index in [-0.39, 0.29) is 5.91 Å².